The molecule has 0 unspecified atom stereocenters. The van der Waals surface area contributed by atoms with Gasteiger partial charge in [0.15, 0.2) is 0 Å². The van der Waals surface area contributed by atoms with E-state index in [0.717, 1.165) is 44.0 Å². The zero-order valence-corrected chi connectivity index (χ0v) is 14.1. The fourth-order valence-corrected chi connectivity index (χ4v) is 2.93. The van der Waals surface area contributed by atoms with Crippen LogP contribution in [0.2, 0.25) is 0 Å². The van der Waals surface area contributed by atoms with Crippen LogP contribution < -0.4 is 10.2 Å². The highest BCUT2D eigenvalue weighted by Crippen LogP contribution is 2.17. The van der Waals surface area contributed by atoms with Gasteiger partial charge >= 0.3 is 0 Å². The van der Waals surface area contributed by atoms with E-state index in [1.807, 2.05) is 42.5 Å². The lowest BCUT2D eigenvalue weighted by Crippen LogP contribution is -2.46. The molecule has 1 saturated heterocycles. The van der Waals surface area contributed by atoms with Crippen molar-refractivity contribution in [3.63, 3.8) is 0 Å². The monoisotopic (exact) mass is 324 g/mol. The third kappa shape index (κ3) is 4.11. The van der Waals surface area contributed by atoms with Gasteiger partial charge in [0.2, 0.25) is 0 Å². The van der Waals surface area contributed by atoms with E-state index < -0.39 is 0 Å². The summed E-state index contributed by atoms with van der Waals surface area (Å²) in [6.45, 7) is 7.91. The number of hydrogen-bond donors (Lipinski definition) is 1. The SMILES string of the molecule is CCN1CCN(c2ccnc(C(=O)NCc3ccccc3)c2)CC1. The summed E-state index contributed by atoms with van der Waals surface area (Å²) in [5.41, 5.74) is 2.63. The van der Waals surface area contributed by atoms with Crippen LogP contribution in [0, 0.1) is 0 Å². The van der Waals surface area contributed by atoms with E-state index in [4.69, 9.17) is 0 Å². The average Bonchev–Trinajstić information content (AvgIpc) is 2.67. The number of carbonyl (C=O) groups is 1. The van der Waals surface area contributed by atoms with Crippen molar-refractivity contribution in [2.45, 2.75) is 13.5 Å². The maximum absolute atomic E-state index is 12.4. The van der Waals surface area contributed by atoms with E-state index in [0.29, 0.717) is 12.2 Å². The van der Waals surface area contributed by atoms with Gasteiger partial charge in [-0.25, -0.2) is 0 Å². The second kappa shape index (κ2) is 7.93. The van der Waals surface area contributed by atoms with Gasteiger partial charge in [0, 0.05) is 44.6 Å². The van der Waals surface area contributed by atoms with E-state index in [9.17, 15) is 4.79 Å². The number of likely N-dealkylation sites (N-methyl/N-ethyl adjacent to an activating group) is 1. The quantitative estimate of drug-likeness (QED) is 0.915. The first-order valence-electron chi connectivity index (χ1n) is 8.51. The van der Waals surface area contributed by atoms with Gasteiger partial charge < -0.3 is 15.1 Å². The molecule has 1 N–H and O–H groups in total. The number of carbonyl (C=O) groups excluding carboxylic acids is 1. The van der Waals surface area contributed by atoms with Crippen molar-refractivity contribution >= 4 is 11.6 Å². The number of nitrogens with one attached hydrogen (secondary N) is 1. The minimum atomic E-state index is -0.132. The molecule has 0 radical (unpaired) electrons. The van der Waals surface area contributed by atoms with Gasteiger partial charge in [-0.15, -0.1) is 0 Å². The largest absolute Gasteiger partial charge is 0.369 e. The van der Waals surface area contributed by atoms with Crippen LogP contribution in [0.5, 0.6) is 0 Å². The Morgan fingerprint density at radius 1 is 1.12 bits per heavy atom. The number of rotatable bonds is 5. The van der Waals surface area contributed by atoms with Crippen molar-refractivity contribution < 1.29 is 4.79 Å². The molecule has 24 heavy (non-hydrogen) atoms. The first kappa shape index (κ1) is 16.5. The van der Waals surface area contributed by atoms with Gasteiger partial charge in [0.1, 0.15) is 5.69 Å². The van der Waals surface area contributed by atoms with Gasteiger partial charge in [-0.2, -0.15) is 0 Å². The molecule has 0 spiro atoms. The minimum absolute atomic E-state index is 0.132. The summed E-state index contributed by atoms with van der Waals surface area (Å²) in [6.07, 6.45) is 1.72. The maximum Gasteiger partial charge on any atom is 0.270 e. The number of piperazine rings is 1. The van der Waals surface area contributed by atoms with E-state index in [1.54, 1.807) is 6.20 Å². The molecule has 1 aliphatic heterocycles. The predicted octanol–water partition coefficient (Wildman–Crippen LogP) is 2.15. The molecule has 1 aliphatic rings. The Balaban J connectivity index is 1.61. The predicted molar refractivity (Wildman–Crippen MR) is 96.2 cm³/mol. The summed E-state index contributed by atoms with van der Waals surface area (Å²) >= 11 is 0. The molecule has 0 aliphatic carbocycles. The van der Waals surface area contributed by atoms with Crippen molar-refractivity contribution in [3.05, 3.63) is 59.9 Å². The fourth-order valence-electron chi connectivity index (χ4n) is 2.93. The van der Waals surface area contributed by atoms with Crippen LogP contribution in [-0.2, 0) is 6.54 Å². The first-order valence-corrected chi connectivity index (χ1v) is 8.51. The number of amides is 1. The normalized spacial score (nSPS) is 15.3. The van der Waals surface area contributed by atoms with Gasteiger partial charge in [-0.1, -0.05) is 37.3 Å². The number of hydrogen-bond acceptors (Lipinski definition) is 4. The summed E-state index contributed by atoms with van der Waals surface area (Å²) in [5, 5.41) is 2.93. The second-order valence-electron chi connectivity index (χ2n) is 5.99. The van der Waals surface area contributed by atoms with Crippen LogP contribution in [0.25, 0.3) is 0 Å². The van der Waals surface area contributed by atoms with Crippen LogP contribution in [0.1, 0.15) is 23.0 Å². The lowest BCUT2D eigenvalue weighted by atomic mass is 10.2. The molecule has 1 aromatic carbocycles. The molecule has 0 saturated carbocycles. The molecule has 2 aromatic rings. The molecular weight excluding hydrogens is 300 g/mol. The van der Waals surface area contributed by atoms with Crippen molar-refractivity contribution in [1.29, 1.82) is 0 Å². The topological polar surface area (TPSA) is 48.5 Å². The highest BCUT2D eigenvalue weighted by Gasteiger charge is 2.17. The standard InChI is InChI=1S/C19H24N4O/c1-2-22-10-12-23(13-11-22)17-8-9-20-18(14-17)19(24)21-15-16-6-4-3-5-7-16/h3-9,14H,2,10-13,15H2,1H3,(H,21,24). The van der Waals surface area contributed by atoms with Crippen LogP contribution in [0.4, 0.5) is 5.69 Å². The first-order chi connectivity index (χ1) is 11.8. The highest BCUT2D eigenvalue weighted by molar-refractivity contribution is 5.93. The number of benzene rings is 1. The van der Waals surface area contributed by atoms with Crippen LogP contribution >= 0.6 is 0 Å². The fraction of sp³-hybridized carbons (Fsp3) is 0.368. The molecule has 2 heterocycles. The summed E-state index contributed by atoms with van der Waals surface area (Å²) in [7, 11) is 0. The Kier molecular flexibility index (Phi) is 5.43. The maximum atomic E-state index is 12.4. The Morgan fingerprint density at radius 3 is 2.58 bits per heavy atom. The molecule has 1 aromatic heterocycles. The molecule has 1 fully saturated rings. The van der Waals surface area contributed by atoms with E-state index >= 15 is 0 Å². The third-order valence-corrected chi connectivity index (χ3v) is 4.46. The number of aromatic nitrogens is 1. The Morgan fingerprint density at radius 2 is 1.88 bits per heavy atom. The van der Waals surface area contributed by atoms with Crippen LogP contribution in [-0.4, -0.2) is 48.5 Å². The van der Waals surface area contributed by atoms with E-state index in [1.165, 1.54) is 0 Å². The van der Waals surface area contributed by atoms with Gasteiger partial charge in [-0.3, -0.25) is 9.78 Å². The lowest BCUT2D eigenvalue weighted by molar-refractivity contribution is 0.0946. The van der Waals surface area contributed by atoms with Crippen LogP contribution in [0.15, 0.2) is 48.7 Å². The van der Waals surface area contributed by atoms with Crippen molar-refractivity contribution in [1.82, 2.24) is 15.2 Å². The second-order valence-corrected chi connectivity index (χ2v) is 5.99. The van der Waals surface area contributed by atoms with Crippen molar-refractivity contribution in [2.24, 2.45) is 0 Å². The highest BCUT2D eigenvalue weighted by atomic mass is 16.1. The average molecular weight is 324 g/mol. The van der Waals surface area contributed by atoms with Crippen molar-refractivity contribution in [3.8, 4) is 0 Å². The van der Waals surface area contributed by atoms with E-state index in [2.05, 4.69) is 27.0 Å². The number of nitrogens with zero attached hydrogens (tertiary/aromatic N) is 3. The summed E-state index contributed by atoms with van der Waals surface area (Å²) in [6, 6.07) is 13.8. The molecule has 0 bridgehead atoms. The zero-order chi connectivity index (χ0) is 16.8. The summed E-state index contributed by atoms with van der Waals surface area (Å²) in [5.74, 6) is -0.132. The Labute approximate surface area is 143 Å². The third-order valence-electron chi connectivity index (χ3n) is 4.46. The Bertz CT molecular complexity index is 666. The summed E-state index contributed by atoms with van der Waals surface area (Å²) in [4.78, 5) is 21.3. The molecule has 5 nitrogen and oxygen atoms in total. The minimum Gasteiger partial charge on any atom is -0.369 e. The molecule has 0 atom stereocenters. The van der Waals surface area contributed by atoms with Gasteiger partial charge in [0.25, 0.3) is 5.91 Å². The molecule has 126 valence electrons. The molecule has 3 rings (SSSR count). The van der Waals surface area contributed by atoms with Crippen molar-refractivity contribution in [2.75, 3.05) is 37.6 Å². The lowest BCUT2D eigenvalue weighted by Gasteiger charge is -2.35. The van der Waals surface area contributed by atoms with Gasteiger partial charge in [0.05, 0.1) is 0 Å². The molecular formula is C19H24N4O. The molecule has 5 heteroatoms. The zero-order valence-electron chi connectivity index (χ0n) is 14.1. The number of anilines is 1. The van der Waals surface area contributed by atoms with Gasteiger partial charge in [-0.05, 0) is 24.2 Å². The summed E-state index contributed by atoms with van der Waals surface area (Å²) < 4.78 is 0. The number of pyridine rings is 1. The smallest absolute Gasteiger partial charge is 0.270 e. The van der Waals surface area contributed by atoms with E-state index in [-0.39, 0.29) is 5.91 Å². The Hall–Kier alpha value is -2.40. The van der Waals surface area contributed by atoms with Crippen LogP contribution in [0.3, 0.4) is 0 Å². The molecule has 1 amide bonds.